The Morgan fingerprint density at radius 1 is 1.07 bits per heavy atom. The molecule has 0 aliphatic carbocycles. The molecular weight excluding hydrogens is 364 g/mol. The number of aromatic nitrogens is 1. The first kappa shape index (κ1) is 17.6. The van der Waals surface area contributed by atoms with Crippen LogP contribution in [0.15, 0.2) is 64.1 Å². The molecule has 1 aromatic heterocycles. The highest BCUT2D eigenvalue weighted by Crippen LogP contribution is 2.39. The summed E-state index contributed by atoms with van der Waals surface area (Å²) < 4.78 is 39.2. The molecule has 140 valence electrons. The fourth-order valence-electron chi connectivity index (χ4n) is 3.15. The lowest BCUT2D eigenvalue weighted by atomic mass is 10.1. The number of fused-ring (bicyclic) bond motifs is 1. The van der Waals surface area contributed by atoms with Crippen molar-refractivity contribution in [2.75, 3.05) is 10.8 Å². The Kier molecular flexibility index (Phi) is 3.99. The highest BCUT2D eigenvalue weighted by atomic mass is 32.2. The zero-order valence-corrected chi connectivity index (χ0v) is 16.2. The van der Waals surface area contributed by atoms with Crippen LogP contribution in [0.1, 0.15) is 19.7 Å². The SMILES string of the molecule is Cc1nc(-c2ccc(S(=O)(=O)N3CC(C)(C)Oc4ccccc43)cc2)co1. The largest absolute Gasteiger partial charge is 0.484 e. The first-order valence-corrected chi connectivity index (χ1v) is 10.0. The van der Waals surface area contributed by atoms with Crippen LogP contribution in [0, 0.1) is 6.92 Å². The van der Waals surface area contributed by atoms with Gasteiger partial charge in [0.1, 0.15) is 23.3 Å². The Balaban J connectivity index is 1.73. The number of para-hydroxylation sites is 2. The van der Waals surface area contributed by atoms with E-state index in [1.165, 1.54) is 4.31 Å². The molecule has 0 amide bonds. The molecule has 0 fully saturated rings. The van der Waals surface area contributed by atoms with Gasteiger partial charge in [-0.05, 0) is 38.1 Å². The van der Waals surface area contributed by atoms with E-state index in [9.17, 15) is 8.42 Å². The number of oxazole rings is 1. The Bertz CT molecular complexity index is 1090. The number of ether oxygens (including phenoxy) is 1. The molecule has 1 aliphatic rings. The average molecular weight is 384 g/mol. The van der Waals surface area contributed by atoms with Gasteiger partial charge in [-0.3, -0.25) is 4.31 Å². The topological polar surface area (TPSA) is 72.6 Å². The van der Waals surface area contributed by atoms with Crippen LogP contribution in [0.2, 0.25) is 0 Å². The number of sulfonamides is 1. The Morgan fingerprint density at radius 3 is 2.44 bits per heavy atom. The minimum absolute atomic E-state index is 0.221. The summed E-state index contributed by atoms with van der Waals surface area (Å²) in [6.07, 6.45) is 1.56. The molecule has 2 aromatic carbocycles. The van der Waals surface area contributed by atoms with Gasteiger partial charge in [-0.1, -0.05) is 24.3 Å². The van der Waals surface area contributed by atoms with E-state index in [0.29, 0.717) is 23.0 Å². The lowest BCUT2D eigenvalue weighted by Gasteiger charge is -2.39. The molecule has 4 rings (SSSR count). The molecule has 0 saturated carbocycles. The number of nitrogens with zero attached hydrogens (tertiary/aromatic N) is 2. The van der Waals surface area contributed by atoms with E-state index in [2.05, 4.69) is 4.98 Å². The van der Waals surface area contributed by atoms with Crippen LogP contribution < -0.4 is 9.04 Å². The summed E-state index contributed by atoms with van der Waals surface area (Å²) in [6, 6.07) is 13.9. The molecule has 0 atom stereocenters. The fourth-order valence-corrected chi connectivity index (χ4v) is 4.77. The normalized spacial score (nSPS) is 15.9. The van der Waals surface area contributed by atoms with Crippen LogP contribution in [0.5, 0.6) is 5.75 Å². The Morgan fingerprint density at radius 2 is 1.78 bits per heavy atom. The fraction of sp³-hybridized carbons (Fsp3) is 0.250. The summed E-state index contributed by atoms with van der Waals surface area (Å²) in [5.74, 6) is 1.13. The third kappa shape index (κ3) is 3.19. The summed E-state index contributed by atoms with van der Waals surface area (Å²) >= 11 is 0. The number of anilines is 1. The van der Waals surface area contributed by atoms with Crippen LogP contribution in [0.3, 0.4) is 0 Å². The molecule has 2 heterocycles. The molecule has 0 unspecified atom stereocenters. The maximum absolute atomic E-state index is 13.3. The van der Waals surface area contributed by atoms with Crippen LogP contribution in [-0.2, 0) is 10.0 Å². The second-order valence-electron chi connectivity index (χ2n) is 7.12. The summed E-state index contributed by atoms with van der Waals surface area (Å²) in [5, 5.41) is 0. The molecule has 0 N–H and O–H groups in total. The van der Waals surface area contributed by atoms with E-state index in [1.807, 2.05) is 19.9 Å². The standard InChI is InChI=1S/C20H20N2O4S/c1-14-21-17(12-25-14)15-8-10-16(11-9-15)27(23,24)22-13-20(2,3)26-19-7-5-4-6-18(19)22/h4-12H,13H2,1-3H3. The van der Waals surface area contributed by atoms with E-state index in [-0.39, 0.29) is 11.4 Å². The summed E-state index contributed by atoms with van der Waals surface area (Å²) in [4.78, 5) is 4.49. The zero-order chi connectivity index (χ0) is 19.2. The van der Waals surface area contributed by atoms with E-state index >= 15 is 0 Å². The summed E-state index contributed by atoms with van der Waals surface area (Å²) in [6.45, 7) is 5.75. The van der Waals surface area contributed by atoms with Gasteiger partial charge >= 0.3 is 0 Å². The van der Waals surface area contributed by atoms with Crippen LogP contribution in [0.25, 0.3) is 11.3 Å². The molecule has 6 nitrogen and oxygen atoms in total. The number of aryl methyl sites for hydroxylation is 1. The van der Waals surface area contributed by atoms with E-state index in [0.717, 1.165) is 5.56 Å². The number of rotatable bonds is 3. The van der Waals surface area contributed by atoms with Gasteiger partial charge in [-0.25, -0.2) is 13.4 Å². The first-order valence-electron chi connectivity index (χ1n) is 8.60. The van der Waals surface area contributed by atoms with Gasteiger partial charge in [0.05, 0.1) is 17.1 Å². The summed E-state index contributed by atoms with van der Waals surface area (Å²) in [5.41, 5.74) is 1.40. The second-order valence-corrected chi connectivity index (χ2v) is 8.98. The molecule has 0 spiro atoms. The maximum atomic E-state index is 13.3. The average Bonchev–Trinajstić information content (AvgIpc) is 3.07. The predicted molar refractivity (Wildman–Crippen MR) is 102 cm³/mol. The highest BCUT2D eigenvalue weighted by molar-refractivity contribution is 7.92. The van der Waals surface area contributed by atoms with Crippen LogP contribution in [-0.4, -0.2) is 25.5 Å². The van der Waals surface area contributed by atoms with Gasteiger partial charge < -0.3 is 9.15 Å². The lowest BCUT2D eigenvalue weighted by Crippen LogP contribution is -2.49. The second kappa shape index (κ2) is 6.13. The predicted octanol–water partition coefficient (Wildman–Crippen LogP) is 4.02. The summed E-state index contributed by atoms with van der Waals surface area (Å²) in [7, 11) is -3.73. The van der Waals surface area contributed by atoms with Crippen molar-refractivity contribution in [3.05, 3.63) is 60.7 Å². The van der Waals surface area contributed by atoms with E-state index in [4.69, 9.17) is 9.15 Å². The van der Waals surface area contributed by atoms with Crippen molar-refractivity contribution in [3.8, 4) is 17.0 Å². The monoisotopic (exact) mass is 384 g/mol. The molecule has 0 bridgehead atoms. The van der Waals surface area contributed by atoms with Crippen molar-refractivity contribution in [2.24, 2.45) is 0 Å². The molecule has 3 aromatic rings. The third-order valence-electron chi connectivity index (χ3n) is 4.40. The highest BCUT2D eigenvalue weighted by Gasteiger charge is 2.38. The van der Waals surface area contributed by atoms with Crippen LogP contribution >= 0.6 is 0 Å². The van der Waals surface area contributed by atoms with Crippen molar-refractivity contribution >= 4 is 15.7 Å². The number of benzene rings is 2. The van der Waals surface area contributed by atoms with Gasteiger partial charge in [-0.2, -0.15) is 0 Å². The zero-order valence-electron chi connectivity index (χ0n) is 15.3. The van der Waals surface area contributed by atoms with E-state index < -0.39 is 15.6 Å². The third-order valence-corrected chi connectivity index (χ3v) is 6.18. The van der Waals surface area contributed by atoms with Crippen LogP contribution in [0.4, 0.5) is 5.69 Å². The molecular formula is C20H20N2O4S. The van der Waals surface area contributed by atoms with Crippen molar-refractivity contribution in [1.82, 2.24) is 4.98 Å². The minimum Gasteiger partial charge on any atom is -0.484 e. The van der Waals surface area contributed by atoms with Crippen molar-refractivity contribution in [2.45, 2.75) is 31.3 Å². The molecule has 7 heteroatoms. The minimum atomic E-state index is -3.73. The van der Waals surface area contributed by atoms with Crippen molar-refractivity contribution < 1.29 is 17.6 Å². The van der Waals surface area contributed by atoms with Gasteiger partial charge in [0, 0.05) is 12.5 Å². The van der Waals surface area contributed by atoms with Gasteiger partial charge in [0.2, 0.25) is 0 Å². The maximum Gasteiger partial charge on any atom is 0.264 e. The molecule has 0 radical (unpaired) electrons. The first-order chi connectivity index (χ1) is 12.8. The molecule has 0 saturated heterocycles. The Labute approximate surface area is 158 Å². The molecule has 1 aliphatic heterocycles. The lowest BCUT2D eigenvalue weighted by molar-refractivity contribution is 0.110. The van der Waals surface area contributed by atoms with Gasteiger partial charge in [-0.15, -0.1) is 0 Å². The Hall–Kier alpha value is -2.80. The van der Waals surface area contributed by atoms with Crippen molar-refractivity contribution in [3.63, 3.8) is 0 Å². The van der Waals surface area contributed by atoms with Gasteiger partial charge in [0.15, 0.2) is 5.89 Å². The van der Waals surface area contributed by atoms with E-state index in [1.54, 1.807) is 55.7 Å². The van der Waals surface area contributed by atoms with Gasteiger partial charge in [0.25, 0.3) is 10.0 Å². The van der Waals surface area contributed by atoms with Crippen molar-refractivity contribution in [1.29, 1.82) is 0 Å². The number of hydrogen-bond donors (Lipinski definition) is 0. The molecule has 27 heavy (non-hydrogen) atoms. The smallest absolute Gasteiger partial charge is 0.264 e. The quantitative estimate of drug-likeness (QED) is 0.682. The number of hydrogen-bond acceptors (Lipinski definition) is 5.